The second-order valence-electron chi connectivity index (χ2n) is 6.22. The average Bonchev–Trinajstić information content (AvgIpc) is 3.10. The third-order valence-corrected chi connectivity index (χ3v) is 4.76. The normalized spacial score (nSPS) is 10.9. The number of hydrogen-bond donors (Lipinski definition) is 1. The highest BCUT2D eigenvalue weighted by atomic mass is 32.1. The first-order valence-electron chi connectivity index (χ1n) is 8.93. The highest BCUT2D eigenvalue weighted by molar-refractivity contribution is 7.09. The number of aryl methyl sites for hydroxylation is 1. The summed E-state index contributed by atoms with van der Waals surface area (Å²) in [7, 11) is 0. The monoisotopic (exact) mass is 396 g/mol. The Bertz CT molecular complexity index is 968. The Labute approximate surface area is 167 Å². The van der Waals surface area contributed by atoms with Crippen molar-refractivity contribution in [1.29, 1.82) is 0 Å². The van der Waals surface area contributed by atoms with E-state index in [0.717, 1.165) is 27.6 Å². The van der Waals surface area contributed by atoms with E-state index in [1.807, 2.05) is 42.6 Å². The van der Waals surface area contributed by atoms with E-state index >= 15 is 0 Å². The van der Waals surface area contributed by atoms with Gasteiger partial charge in [-0.2, -0.15) is 0 Å². The van der Waals surface area contributed by atoms with Crippen molar-refractivity contribution in [3.63, 3.8) is 0 Å². The highest BCUT2D eigenvalue weighted by Gasteiger charge is 2.01. The van der Waals surface area contributed by atoms with Crippen LogP contribution < -0.4 is 10.1 Å². The van der Waals surface area contributed by atoms with Gasteiger partial charge in [-0.1, -0.05) is 24.3 Å². The van der Waals surface area contributed by atoms with Crippen molar-refractivity contribution in [3.8, 4) is 5.75 Å². The maximum absolute atomic E-state index is 13.1. The molecule has 6 heteroatoms. The maximum atomic E-state index is 13.1. The van der Waals surface area contributed by atoms with Gasteiger partial charge in [0.1, 0.15) is 18.2 Å². The summed E-state index contributed by atoms with van der Waals surface area (Å²) in [6, 6.07) is 13.9. The first kappa shape index (κ1) is 19.8. The molecule has 1 heterocycles. The van der Waals surface area contributed by atoms with E-state index in [1.165, 1.54) is 18.2 Å². The van der Waals surface area contributed by atoms with Gasteiger partial charge in [0.2, 0.25) is 5.91 Å². The van der Waals surface area contributed by atoms with Gasteiger partial charge in [0.25, 0.3) is 0 Å². The summed E-state index contributed by atoms with van der Waals surface area (Å²) in [5, 5.41) is 5.79. The summed E-state index contributed by atoms with van der Waals surface area (Å²) >= 11 is 1.59. The number of benzene rings is 2. The third kappa shape index (κ3) is 6.32. The molecule has 0 radical (unpaired) electrons. The van der Waals surface area contributed by atoms with Gasteiger partial charge in [-0.05, 0) is 54.8 Å². The average molecular weight is 396 g/mol. The predicted octanol–water partition coefficient (Wildman–Crippen LogP) is 4.54. The van der Waals surface area contributed by atoms with E-state index in [4.69, 9.17) is 4.74 Å². The molecule has 0 aliphatic rings. The molecule has 1 aromatic heterocycles. The Kier molecular flexibility index (Phi) is 6.92. The molecule has 1 amide bonds. The minimum absolute atomic E-state index is 0.194. The molecule has 0 spiro atoms. The molecular weight excluding hydrogens is 375 g/mol. The van der Waals surface area contributed by atoms with E-state index in [2.05, 4.69) is 10.3 Å². The van der Waals surface area contributed by atoms with Gasteiger partial charge in [0, 0.05) is 18.0 Å². The number of amides is 1. The summed E-state index contributed by atoms with van der Waals surface area (Å²) < 4.78 is 18.9. The van der Waals surface area contributed by atoms with Gasteiger partial charge in [0.05, 0.1) is 10.7 Å². The van der Waals surface area contributed by atoms with Crippen LogP contribution in [0.2, 0.25) is 0 Å². The molecule has 144 valence electrons. The van der Waals surface area contributed by atoms with Gasteiger partial charge in [-0.15, -0.1) is 11.3 Å². The minimum atomic E-state index is -0.268. The van der Waals surface area contributed by atoms with Crippen LogP contribution in [-0.2, 0) is 17.8 Å². The molecule has 0 saturated heterocycles. The molecule has 0 fully saturated rings. The van der Waals surface area contributed by atoms with Crippen molar-refractivity contribution < 1.29 is 13.9 Å². The number of carbonyl (C=O) groups is 1. The van der Waals surface area contributed by atoms with Crippen LogP contribution in [0.1, 0.15) is 21.8 Å². The smallest absolute Gasteiger partial charge is 0.244 e. The molecule has 3 rings (SSSR count). The van der Waals surface area contributed by atoms with Crippen LogP contribution in [0.5, 0.6) is 5.75 Å². The van der Waals surface area contributed by atoms with Crippen LogP contribution >= 0.6 is 11.3 Å². The Hall–Kier alpha value is -2.99. The molecule has 3 aromatic rings. The Morgan fingerprint density at radius 3 is 2.89 bits per heavy atom. The lowest BCUT2D eigenvalue weighted by Gasteiger charge is -2.05. The summed E-state index contributed by atoms with van der Waals surface area (Å²) in [5.74, 6) is 0.260. The van der Waals surface area contributed by atoms with Crippen LogP contribution in [0.25, 0.3) is 6.08 Å². The van der Waals surface area contributed by atoms with Crippen molar-refractivity contribution in [1.82, 2.24) is 10.3 Å². The lowest BCUT2D eigenvalue weighted by molar-refractivity contribution is -0.116. The van der Waals surface area contributed by atoms with Crippen LogP contribution in [0.3, 0.4) is 0 Å². The fraction of sp³-hybridized carbons (Fsp3) is 0.182. The fourth-order valence-electron chi connectivity index (χ4n) is 2.59. The zero-order chi connectivity index (χ0) is 19.8. The SMILES string of the molecule is Cc1nc(COc2cccc(/C=C/C(=O)NCCc3cccc(F)c3)c2)cs1. The van der Waals surface area contributed by atoms with Crippen LogP contribution in [0.15, 0.2) is 60.0 Å². The van der Waals surface area contributed by atoms with Gasteiger partial charge >= 0.3 is 0 Å². The molecule has 0 aliphatic carbocycles. The Balaban J connectivity index is 1.47. The standard InChI is InChI=1S/C22H21FN2O2S/c1-16-25-20(15-28-16)14-27-21-7-3-5-17(13-21)8-9-22(26)24-11-10-18-4-2-6-19(23)12-18/h2-9,12-13,15H,10-11,14H2,1H3,(H,24,26)/b9-8+. The van der Waals surface area contributed by atoms with Crippen molar-refractivity contribution >= 4 is 23.3 Å². The van der Waals surface area contributed by atoms with E-state index in [0.29, 0.717) is 19.6 Å². The number of aromatic nitrogens is 1. The number of ether oxygens (including phenoxy) is 1. The Morgan fingerprint density at radius 1 is 1.25 bits per heavy atom. The van der Waals surface area contributed by atoms with Crippen molar-refractivity contribution in [2.45, 2.75) is 20.0 Å². The number of carbonyl (C=O) groups excluding carboxylic acids is 1. The molecule has 0 aliphatic heterocycles. The number of hydrogen-bond acceptors (Lipinski definition) is 4. The summed E-state index contributed by atoms with van der Waals surface area (Å²) in [6.07, 6.45) is 3.79. The summed E-state index contributed by atoms with van der Waals surface area (Å²) in [5.41, 5.74) is 2.62. The highest BCUT2D eigenvalue weighted by Crippen LogP contribution is 2.17. The molecule has 28 heavy (non-hydrogen) atoms. The first-order chi connectivity index (χ1) is 13.6. The first-order valence-corrected chi connectivity index (χ1v) is 9.81. The summed E-state index contributed by atoms with van der Waals surface area (Å²) in [6.45, 7) is 2.82. The van der Waals surface area contributed by atoms with E-state index in [1.54, 1.807) is 23.5 Å². The van der Waals surface area contributed by atoms with Crippen molar-refractivity contribution in [3.05, 3.63) is 87.6 Å². The maximum Gasteiger partial charge on any atom is 0.244 e. The third-order valence-electron chi connectivity index (χ3n) is 3.94. The molecule has 0 bridgehead atoms. The summed E-state index contributed by atoms with van der Waals surface area (Å²) in [4.78, 5) is 16.3. The second-order valence-corrected chi connectivity index (χ2v) is 7.29. The largest absolute Gasteiger partial charge is 0.487 e. The van der Waals surface area contributed by atoms with Gasteiger partial charge in [-0.25, -0.2) is 9.37 Å². The topological polar surface area (TPSA) is 51.2 Å². The number of thiazole rings is 1. The Morgan fingerprint density at radius 2 is 2.11 bits per heavy atom. The quantitative estimate of drug-likeness (QED) is 0.569. The zero-order valence-electron chi connectivity index (χ0n) is 15.5. The molecule has 1 N–H and O–H groups in total. The number of halogens is 1. The van der Waals surface area contributed by atoms with Gasteiger partial charge in [-0.3, -0.25) is 4.79 Å². The van der Waals surface area contributed by atoms with Crippen molar-refractivity contribution in [2.24, 2.45) is 0 Å². The lowest BCUT2D eigenvalue weighted by atomic mass is 10.1. The van der Waals surface area contributed by atoms with Gasteiger partial charge < -0.3 is 10.1 Å². The second kappa shape index (κ2) is 9.80. The minimum Gasteiger partial charge on any atom is -0.487 e. The fourth-order valence-corrected chi connectivity index (χ4v) is 3.19. The van der Waals surface area contributed by atoms with Crippen molar-refractivity contribution in [2.75, 3.05) is 6.54 Å². The number of nitrogens with zero attached hydrogens (tertiary/aromatic N) is 1. The molecule has 0 unspecified atom stereocenters. The number of nitrogens with one attached hydrogen (secondary N) is 1. The van der Waals surface area contributed by atoms with Crippen LogP contribution in [0.4, 0.5) is 4.39 Å². The molecular formula is C22H21FN2O2S. The lowest BCUT2D eigenvalue weighted by Crippen LogP contribution is -2.23. The molecule has 4 nitrogen and oxygen atoms in total. The van der Waals surface area contributed by atoms with E-state index < -0.39 is 0 Å². The predicted molar refractivity (Wildman–Crippen MR) is 110 cm³/mol. The van der Waals surface area contributed by atoms with Crippen LogP contribution in [0, 0.1) is 12.7 Å². The molecule has 2 aromatic carbocycles. The van der Waals surface area contributed by atoms with Gasteiger partial charge in [0.15, 0.2) is 0 Å². The van der Waals surface area contributed by atoms with E-state index in [9.17, 15) is 9.18 Å². The molecule has 0 atom stereocenters. The molecule has 0 saturated carbocycles. The van der Waals surface area contributed by atoms with E-state index in [-0.39, 0.29) is 11.7 Å². The zero-order valence-corrected chi connectivity index (χ0v) is 16.3. The van der Waals surface area contributed by atoms with Crippen LogP contribution in [-0.4, -0.2) is 17.4 Å². The number of rotatable bonds is 8.